The predicted molar refractivity (Wildman–Crippen MR) is 77.6 cm³/mol. The van der Waals surface area contributed by atoms with Gasteiger partial charge in [0.1, 0.15) is 0 Å². The molecule has 1 N–H and O–H groups in total. The lowest BCUT2D eigenvalue weighted by Gasteiger charge is -2.33. The highest BCUT2D eigenvalue weighted by Gasteiger charge is 2.37. The smallest absolute Gasteiger partial charge is 0.219 e. The van der Waals surface area contributed by atoms with Crippen molar-refractivity contribution >= 4 is 5.91 Å². The molecule has 0 aromatic carbocycles. The average molecular weight is 281 g/mol. The second kappa shape index (κ2) is 6.00. The summed E-state index contributed by atoms with van der Waals surface area (Å²) in [6, 6.07) is 1.79. The van der Waals surface area contributed by atoms with Crippen molar-refractivity contribution in [3.8, 4) is 0 Å². The number of piperidine rings is 1. The van der Waals surface area contributed by atoms with E-state index >= 15 is 0 Å². The minimum absolute atomic E-state index is 0.215. The largest absolute Gasteiger partial charge is 0.376 e. The molecular formula is C15H27N3O2. The number of rotatable bonds is 2. The van der Waals surface area contributed by atoms with Gasteiger partial charge in [0.15, 0.2) is 0 Å². The number of hydrogen-bond acceptors (Lipinski definition) is 4. The Morgan fingerprint density at radius 3 is 2.65 bits per heavy atom. The van der Waals surface area contributed by atoms with E-state index in [2.05, 4.69) is 17.1 Å². The zero-order valence-electron chi connectivity index (χ0n) is 12.7. The van der Waals surface area contributed by atoms with Gasteiger partial charge in [-0.2, -0.15) is 0 Å². The molecule has 3 atom stereocenters. The molecule has 0 aliphatic carbocycles. The van der Waals surface area contributed by atoms with Crippen LogP contribution in [0.15, 0.2) is 0 Å². The van der Waals surface area contributed by atoms with Crippen molar-refractivity contribution in [1.82, 2.24) is 15.1 Å². The first kappa shape index (κ1) is 14.3. The third-order valence-corrected chi connectivity index (χ3v) is 5.00. The zero-order chi connectivity index (χ0) is 14.1. The number of nitrogens with zero attached hydrogens (tertiary/aromatic N) is 2. The van der Waals surface area contributed by atoms with E-state index in [1.165, 1.54) is 6.42 Å². The number of fused-ring (bicyclic) bond motifs is 1. The molecule has 0 aromatic rings. The molecule has 0 aromatic heterocycles. The van der Waals surface area contributed by atoms with E-state index in [1.807, 2.05) is 4.90 Å². The van der Waals surface area contributed by atoms with Crippen LogP contribution >= 0.6 is 0 Å². The van der Waals surface area contributed by atoms with Gasteiger partial charge in [0.05, 0.1) is 12.7 Å². The maximum Gasteiger partial charge on any atom is 0.219 e. The van der Waals surface area contributed by atoms with Crippen molar-refractivity contribution < 1.29 is 9.53 Å². The van der Waals surface area contributed by atoms with Crippen LogP contribution in [0.1, 0.15) is 33.1 Å². The number of hydrogen-bond donors (Lipinski definition) is 1. The highest BCUT2D eigenvalue weighted by molar-refractivity contribution is 5.73. The summed E-state index contributed by atoms with van der Waals surface area (Å²) >= 11 is 0. The molecule has 3 aliphatic heterocycles. The number of morpholine rings is 1. The molecule has 3 aliphatic rings. The summed E-state index contributed by atoms with van der Waals surface area (Å²) in [5.41, 5.74) is 0. The Labute approximate surface area is 121 Å². The highest BCUT2D eigenvalue weighted by atomic mass is 16.5. The topological polar surface area (TPSA) is 44.8 Å². The van der Waals surface area contributed by atoms with Crippen LogP contribution in [0, 0.1) is 0 Å². The highest BCUT2D eigenvalue weighted by Crippen LogP contribution is 2.24. The molecule has 3 saturated heterocycles. The lowest BCUT2D eigenvalue weighted by molar-refractivity contribution is -0.129. The number of likely N-dealkylation sites (tertiary alicyclic amines) is 1. The van der Waals surface area contributed by atoms with Crippen LogP contribution in [0.4, 0.5) is 0 Å². The molecule has 0 bridgehead atoms. The average Bonchev–Trinajstić information content (AvgIpc) is 2.80. The van der Waals surface area contributed by atoms with E-state index in [0.717, 1.165) is 45.6 Å². The minimum Gasteiger partial charge on any atom is -0.376 e. The van der Waals surface area contributed by atoms with E-state index in [1.54, 1.807) is 6.92 Å². The van der Waals surface area contributed by atoms with Gasteiger partial charge in [-0.15, -0.1) is 0 Å². The Balaban J connectivity index is 1.45. The quantitative estimate of drug-likeness (QED) is 0.798. The number of carbonyl (C=O) groups excluding carboxylic acids is 1. The molecule has 3 rings (SSSR count). The maximum atomic E-state index is 11.3. The van der Waals surface area contributed by atoms with Crippen LogP contribution in [-0.2, 0) is 9.53 Å². The molecule has 0 radical (unpaired) electrons. The van der Waals surface area contributed by atoms with Gasteiger partial charge in [0.25, 0.3) is 0 Å². The number of amides is 1. The molecule has 3 heterocycles. The standard InChI is InChI=1S/C15H27N3O2/c1-11-8-18-9-14(7-15(18)10-20-11)16-13-3-5-17(6-4-13)12(2)19/h11,13-16H,3-10H2,1-2H3/t11-,14+,15-/m0/s1. The summed E-state index contributed by atoms with van der Waals surface area (Å²) in [6.45, 7) is 8.78. The molecule has 114 valence electrons. The lowest BCUT2D eigenvalue weighted by atomic mass is 10.0. The molecule has 0 saturated carbocycles. The molecule has 0 spiro atoms. The molecule has 5 nitrogen and oxygen atoms in total. The Hall–Kier alpha value is -0.650. The molecule has 5 heteroatoms. The molecule has 0 unspecified atom stereocenters. The van der Waals surface area contributed by atoms with Crippen LogP contribution in [0.2, 0.25) is 0 Å². The predicted octanol–water partition coefficient (Wildman–Crippen LogP) is 0.449. The number of ether oxygens (including phenoxy) is 1. The number of carbonyl (C=O) groups is 1. The first-order valence-corrected chi connectivity index (χ1v) is 7.99. The van der Waals surface area contributed by atoms with Gasteiger partial charge in [-0.1, -0.05) is 0 Å². The lowest BCUT2D eigenvalue weighted by Crippen LogP contribution is -2.48. The Morgan fingerprint density at radius 1 is 1.20 bits per heavy atom. The normalized spacial score (nSPS) is 36.1. The zero-order valence-corrected chi connectivity index (χ0v) is 12.7. The van der Waals surface area contributed by atoms with Crippen LogP contribution in [0.5, 0.6) is 0 Å². The van der Waals surface area contributed by atoms with E-state index in [0.29, 0.717) is 24.2 Å². The second-order valence-corrected chi connectivity index (χ2v) is 6.63. The third kappa shape index (κ3) is 3.15. The van der Waals surface area contributed by atoms with Gasteiger partial charge in [0.2, 0.25) is 5.91 Å². The van der Waals surface area contributed by atoms with Crippen molar-refractivity contribution in [2.24, 2.45) is 0 Å². The molecule has 20 heavy (non-hydrogen) atoms. The van der Waals surface area contributed by atoms with Gasteiger partial charge in [-0.05, 0) is 26.2 Å². The van der Waals surface area contributed by atoms with E-state index in [4.69, 9.17) is 4.74 Å². The van der Waals surface area contributed by atoms with Crippen molar-refractivity contribution in [1.29, 1.82) is 0 Å². The van der Waals surface area contributed by atoms with Crippen molar-refractivity contribution in [2.45, 2.75) is 57.3 Å². The summed E-state index contributed by atoms with van der Waals surface area (Å²) in [5, 5.41) is 3.81. The van der Waals surface area contributed by atoms with E-state index < -0.39 is 0 Å². The second-order valence-electron chi connectivity index (χ2n) is 6.63. The number of nitrogens with one attached hydrogen (secondary N) is 1. The van der Waals surface area contributed by atoms with Crippen LogP contribution < -0.4 is 5.32 Å². The Bertz CT molecular complexity index is 355. The maximum absolute atomic E-state index is 11.3. The Kier molecular flexibility index (Phi) is 4.29. The fourth-order valence-electron chi connectivity index (χ4n) is 3.85. The summed E-state index contributed by atoms with van der Waals surface area (Å²) < 4.78 is 5.76. The van der Waals surface area contributed by atoms with Crippen molar-refractivity contribution in [2.75, 3.05) is 32.8 Å². The van der Waals surface area contributed by atoms with E-state index in [9.17, 15) is 4.79 Å². The fourth-order valence-corrected chi connectivity index (χ4v) is 3.85. The first-order chi connectivity index (χ1) is 9.61. The van der Waals surface area contributed by atoms with Gasteiger partial charge in [-0.3, -0.25) is 9.69 Å². The first-order valence-electron chi connectivity index (χ1n) is 7.99. The Morgan fingerprint density at radius 2 is 1.95 bits per heavy atom. The van der Waals surface area contributed by atoms with Crippen molar-refractivity contribution in [3.63, 3.8) is 0 Å². The summed E-state index contributed by atoms with van der Waals surface area (Å²) in [7, 11) is 0. The van der Waals surface area contributed by atoms with Gasteiger partial charge < -0.3 is 15.0 Å². The SMILES string of the molecule is CC(=O)N1CCC(N[C@@H]2C[C@H]3CO[C@@H](C)CN3C2)CC1. The summed E-state index contributed by atoms with van der Waals surface area (Å²) in [4.78, 5) is 15.9. The van der Waals surface area contributed by atoms with Gasteiger partial charge in [-0.25, -0.2) is 0 Å². The van der Waals surface area contributed by atoms with Crippen LogP contribution in [-0.4, -0.2) is 72.7 Å². The summed E-state index contributed by atoms with van der Waals surface area (Å²) in [6.07, 6.45) is 3.77. The monoisotopic (exact) mass is 281 g/mol. The minimum atomic E-state index is 0.215. The third-order valence-electron chi connectivity index (χ3n) is 5.00. The van der Waals surface area contributed by atoms with Gasteiger partial charge in [0, 0.05) is 51.2 Å². The molecule has 1 amide bonds. The van der Waals surface area contributed by atoms with Gasteiger partial charge >= 0.3 is 0 Å². The molecular weight excluding hydrogens is 254 g/mol. The van der Waals surface area contributed by atoms with Crippen LogP contribution in [0.3, 0.4) is 0 Å². The molecule has 3 fully saturated rings. The van der Waals surface area contributed by atoms with E-state index in [-0.39, 0.29) is 5.91 Å². The van der Waals surface area contributed by atoms with Crippen LogP contribution in [0.25, 0.3) is 0 Å². The fraction of sp³-hybridized carbons (Fsp3) is 0.933. The van der Waals surface area contributed by atoms with Crippen molar-refractivity contribution in [3.05, 3.63) is 0 Å². The summed E-state index contributed by atoms with van der Waals surface area (Å²) in [5.74, 6) is 0.215.